The number of aryl methyl sites for hydroxylation is 1. The van der Waals surface area contributed by atoms with E-state index in [4.69, 9.17) is 4.74 Å². The number of aromatic nitrogens is 2. The molecule has 2 aromatic rings. The molecule has 4 rings (SSSR count). The van der Waals surface area contributed by atoms with Crippen LogP contribution in [0.3, 0.4) is 0 Å². The van der Waals surface area contributed by atoms with E-state index < -0.39 is 21.7 Å². The maximum absolute atomic E-state index is 14.2. The molecule has 7 nitrogen and oxygen atoms in total. The van der Waals surface area contributed by atoms with Crippen LogP contribution in [0.4, 0.5) is 14.5 Å². The molecule has 10 heteroatoms. The van der Waals surface area contributed by atoms with E-state index in [9.17, 15) is 22.4 Å². The molecule has 2 N–H and O–H groups in total. The van der Waals surface area contributed by atoms with Crippen LogP contribution in [-0.2, 0) is 10.0 Å². The summed E-state index contributed by atoms with van der Waals surface area (Å²) in [4.78, 5) is 4.16. The van der Waals surface area contributed by atoms with Crippen LogP contribution in [0.5, 0.6) is 11.5 Å². The molecule has 2 aromatic carbocycles. The molecule has 166 valence electrons. The van der Waals surface area contributed by atoms with Gasteiger partial charge in [-0.15, -0.1) is 0 Å². The molecular weight excluding hydrogens is 440 g/mol. The second-order valence-electron chi connectivity index (χ2n) is 7.09. The van der Waals surface area contributed by atoms with Gasteiger partial charge in [0.1, 0.15) is 11.6 Å². The molecule has 2 heterocycles. The Balaban J connectivity index is 1.90. The summed E-state index contributed by atoms with van der Waals surface area (Å²) in [5, 5.41) is 10.3. The Kier molecular flexibility index (Phi) is 5.47. The lowest BCUT2D eigenvalue weighted by molar-refractivity contribution is 0.180. The van der Waals surface area contributed by atoms with Crippen molar-refractivity contribution >= 4 is 15.7 Å². The Morgan fingerprint density at radius 1 is 1.03 bits per heavy atom. The minimum absolute atomic E-state index is 0.118. The van der Waals surface area contributed by atoms with Gasteiger partial charge in [-0.2, -0.15) is 4.73 Å². The average molecular weight is 459 g/mol. The fourth-order valence-corrected chi connectivity index (χ4v) is 3.89. The van der Waals surface area contributed by atoms with Crippen LogP contribution in [0.25, 0.3) is 22.5 Å². The number of hydrogen-bond donors (Lipinski definition) is 2. The van der Waals surface area contributed by atoms with Crippen LogP contribution in [0.15, 0.2) is 54.7 Å². The molecule has 0 aromatic heterocycles. The summed E-state index contributed by atoms with van der Waals surface area (Å²) in [5.74, 6) is -1.45. The third kappa shape index (κ3) is 4.09. The van der Waals surface area contributed by atoms with E-state index >= 15 is 0 Å². The van der Waals surface area contributed by atoms with Crippen molar-refractivity contribution < 1.29 is 27.1 Å². The summed E-state index contributed by atoms with van der Waals surface area (Å²) in [7, 11) is -3.55. The maximum Gasteiger partial charge on any atom is 0.232 e. The van der Waals surface area contributed by atoms with E-state index in [-0.39, 0.29) is 22.9 Å². The standard InChI is InChI=1S/C22H19F2N3O4S/c1-3-32(29,30)26-15-5-7-20(31-21-6-4-14(23)11-19(21)24)18(12-15)17-10-13(2)27(28)22-16(17)8-9-25-22/h4-12,26,28H,3H2,1-2H3. The molecule has 0 aliphatic carbocycles. The number of sulfonamides is 1. The molecule has 0 unspecified atom stereocenters. The third-order valence-electron chi connectivity index (χ3n) is 4.89. The second kappa shape index (κ2) is 8.12. The number of halogens is 2. The van der Waals surface area contributed by atoms with Crippen molar-refractivity contribution in [2.45, 2.75) is 13.8 Å². The van der Waals surface area contributed by atoms with Gasteiger partial charge in [0.25, 0.3) is 0 Å². The van der Waals surface area contributed by atoms with Crippen LogP contribution in [0.1, 0.15) is 12.6 Å². The van der Waals surface area contributed by atoms with Crippen molar-refractivity contribution in [3.63, 3.8) is 0 Å². The summed E-state index contributed by atoms with van der Waals surface area (Å²) in [6.07, 6.45) is 1.52. The van der Waals surface area contributed by atoms with Crippen molar-refractivity contribution in [3.05, 3.63) is 72.1 Å². The first kappa shape index (κ1) is 21.6. The Morgan fingerprint density at radius 2 is 1.78 bits per heavy atom. The zero-order valence-corrected chi connectivity index (χ0v) is 18.0. The predicted octanol–water partition coefficient (Wildman–Crippen LogP) is 5.03. The molecule has 0 saturated heterocycles. The van der Waals surface area contributed by atoms with E-state index in [1.807, 2.05) is 0 Å². The first-order valence-corrected chi connectivity index (χ1v) is 11.3. The van der Waals surface area contributed by atoms with E-state index in [0.29, 0.717) is 34.3 Å². The van der Waals surface area contributed by atoms with Gasteiger partial charge in [0.15, 0.2) is 17.4 Å². The number of nitrogens with zero attached hydrogens (tertiary/aromatic N) is 2. The van der Waals surface area contributed by atoms with Gasteiger partial charge in [-0.05, 0) is 61.9 Å². The molecule has 0 bridgehead atoms. The number of nitrogens with one attached hydrogen (secondary N) is 1. The Labute approximate surface area is 183 Å². The number of benzene rings is 2. The first-order valence-electron chi connectivity index (χ1n) is 9.62. The molecule has 0 atom stereocenters. The molecule has 0 radical (unpaired) electrons. The number of pyridine rings is 1. The van der Waals surface area contributed by atoms with Gasteiger partial charge in [-0.3, -0.25) is 4.72 Å². The van der Waals surface area contributed by atoms with Gasteiger partial charge < -0.3 is 9.94 Å². The van der Waals surface area contributed by atoms with Crippen molar-refractivity contribution in [2.75, 3.05) is 10.5 Å². The first-order chi connectivity index (χ1) is 15.2. The van der Waals surface area contributed by atoms with E-state index in [1.54, 1.807) is 25.1 Å². The minimum atomic E-state index is -3.55. The van der Waals surface area contributed by atoms with Gasteiger partial charge in [0.05, 0.1) is 11.4 Å². The maximum atomic E-state index is 14.2. The van der Waals surface area contributed by atoms with Crippen LogP contribution < -0.4 is 9.46 Å². The van der Waals surface area contributed by atoms with E-state index in [2.05, 4.69) is 9.71 Å². The fourth-order valence-electron chi connectivity index (χ4n) is 3.26. The number of hydrogen-bond acceptors (Lipinski definition) is 5. The molecular formula is C22H19F2N3O4S. The van der Waals surface area contributed by atoms with Gasteiger partial charge in [-0.25, -0.2) is 22.2 Å². The second-order valence-corrected chi connectivity index (χ2v) is 9.10. The fraction of sp³-hybridized carbons (Fsp3) is 0.136. The highest BCUT2D eigenvalue weighted by Gasteiger charge is 2.21. The van der Waals surface area contributed by atoms with Gasteiger partial charge in [0.2, 0.25) is 10.0 Å². The molecule has 0 spiro atoms. The van der Waals surface area contributed by atoms with Crippen LogP contribution in [0, 0.1) is 18.6 Å². The lowest BCUT2D eigenvalue weighted by atomic mass is 9.98. The zero-order valence-electron chi connectivity index (χ0n) is 17.1. The van der Waals surface area contributed by atoms with E-state index in [1.165, 1.54) is 31.3 Å². The van der Waals surface area contributed by atoms with Crippen molar-refractivity contribution in [1.29, 1.82) is 0 Å². The molecule has 0 amide bonds. The molecule has 0 fully saturated rings. The molecule has 2 aliphatic rings. The average Bonchev–Trinajstić information content (AvgIpc) is 3.24. The van der Waals surface area contributed by atoms with Crippen LogP contribution in [0.2, 0.25) is 0 Å². The van der Waals surface area contributed by atoms with Gasteiger partial charge >= 0.3 is 0 Å². The van der Waals surface area contributed by atoms with Crippen molar-refractivity contribution in [3.8, 4) is 34.0 Å². The monoisotopic (exact) mass is 459 g/mol. The van der Waals surface area contributed by atoms with E-state index in [0.717, 1.165) is 10.8 Å². The predicted molar refractivity (Wildman–Crippen MR) is 116 cm³/mol. The van der Waals surface area contributed by atoms with Gasteiger partial charge in [-0.1, -0.05) is 0 Å². The quantitative estimate of drug-likeness (QED) is 0.395. The SMILES string of the molecule is CCS(=O)(=O)Nc1ccc(Oc2ccc(F)cc2F)c(-c2cc(C)n(O)c3nccc2-3)c1. The third-order valence-corrected chi connectivity index (χ3v) is 6.20. The van der Waals surface area contributed by atoms with Crippen molar-refractivity contribution in [2.24, 2.45) is 0 Å². The Morgan fingerprint density at radius 3 is 2.50 bits per heavy atom. The lowest BCUT2D eigenvalue weighted by Crippen LogP contribution is -2.14. The zero-order chi connectivity index (χ0) is 23.0. The van der Waals surface area contributed by atoms with Crippen LogP contribution in [-0.4, -0.2) is 29.1 Å². The Bertz CT molecular complexity index is 1390. The van der Waals surface area contributed by atoms with Crippen LogP contribution >= 0.6 is 0 Å². The summed E-state index contributed by atoms with van der Waals surface area (Å²) in [6, 6.07) is 10.8. The summed E-state index contributed by atoms with van der Waals surface area (Å²) in [6.45, 7) is 3.18. The molecule has 32 heavy (non-hydrogen) atoms. The molecule has 2 aliphatic heterocycles. The summed E-state index contributed by atoms with van der Waals surface area (Å²) < 4.78 is 60.8. The molecule has 0 saturated carbocycles. The highest BCUT2D eigenvalue weighted by molar-refractivity contribution is 7.92. The lowest BCUT2D eigenvalue weighted by Gasteiger charge is -2.18. The summed E-state index contributed by atoms with van der Waals surface area (Å²) in [5.41, 5.74) is 2.31. The number of fused-ring (bicyclic) bond motifs is 1. The topological polar surface area (TPSA) is 93.5 Å². The largest absolute Gasteiger partial charge is 0.454 e. The highest BCUT2D eigenvalue weighted by atomic mass is 32.2. The smallest absolute Gasteiger partial charge is 0.232 e. The normalized spacial score (nSPS) is 11.6. The summed E-state index contributed by atoms with van der Waals surface area (Å²) >= 11 is 0. The number of ether oxygens (including phenoxy) is 1. The number of anilines is 1. The van der Waals surface area contributed by atoms with Crippen molar-refractivity contribution in [1.82, 2.24) is 9.71 Å². The number of rotatable bonds is 6. The minimum Gasteiger partial charge on any atom is -0.454 e. The van der Waals surface area contributed by atoms with Gasteiger partial charge in [0, 0.05) is 29.1 Å². The Hall–Kier alpha value is -3.66. The highest BCUT2D eigenvalue weighted by Crippen LogP contribution is 2.42.